The van der Waals surface area contributed by atoms with Gasteiger partial charge in [0, 0.05) is 36.6 Å². The smallest absolute Gasteiger partial charge is 0.315 e. The number of hydrogen-bond donors (Lipinski definition) is 3. The molecule has 114 valence electrons. The maximum atomic E-state index is 12.1. The molecule has 3 fully saturated rings. The molecule has 3 aliphatic rings. The third kappa shape index (κ3) is 2.02. The van der Waals surface area contributed by atoms with E-state index in [9.17, 15) is 4.79 Å². The fourth-order valence-electron chi connectivity index (χ4n) is 4.15. The van der Waals surface area contributed by atoms with Crippen LogP contribution in [0.5, 0.6) is 0 Å². The molecule has 0 aromatic heterocycles. The van der Waals surface area contributed by atoms with Crippen LogP contribution in [0.1, 0.15) is 39.5 Å². The molecule has 0 radical (unpaired) electrons. The van der Waals surface area contributed by atoms with E-state index in [2.05, 4.69) is 10.6 Å². The summed E-state index contributed by atoms with van der Waals surface area (Å²) >= 11 is 0. The van der Waals surface area contributed by atoms with Crippen molar-refractivity contribution in [3.63, 3.8) is 0 Å². The summed E-state index contributed by atoms with van der Waals surface area (Å²) < 4.78 is 5.85. The lowest BCUT2D eigenvalue weighted by atomic mass is 9.46. The molecular weight excluding hydrogens is 256 g/mol. The highest BCUT2D eigenvalue weighted by Gasteiger charge is 2.66. The lowest BCUT2D eigenvalue weighted by Gasteiger charge is -2.63. The van der Waals surface area contributed by atoms with Gasteiger partial charge in [0.25, 0.3) is 0 Å². The van der Waals surface area contributed by atoms with Crippen molar-refractivity contribution in [2.24, 2.45) is 17.3 Å². The molecule has 1 spiro atoms. The third-order valence-electron chi connectivity index (χ3n) is 5.82. The molecule has 5 atom stereocenters. The number of amides is 2. The monoisotopic (exact) mass is 282 g/mol. The quantitative estimate of drug-likeness (QED) is 0.727. The predicted octanol–water partition coefficient (Wildman–Crippen LogP) is 1.26. The van der Waals surface area contributed by atoms with Crippen LogP contribution in [0.4, 0.5) is 4.79 Å². The van der Waals surface area contributed by atoms with E-state index in [1.807, 2.05) is 13.8 Å². The summed E-state index contributed by atoms with van der Waals surface area (Å²) in [5, 5.41) is 15.2. The first-order valence-corrected chi connectivity index (χ1v) is 7.88. The molecular formula is C15H26N2O3. The number of nitrogens with one attached hydrogen (secondary N) is 2. The second kappa shape index (κ2) is 5.19. The van der Waals surface area contributed by atoms with E-state index in [1.54, 1.807) is 0 Å². The molecule has 3 N–H and O–H groups in total. The van der Waals surface area contributed by atoms with Crippen molar-refractivity contribution in [2.45, 2.75) is 57.7 Å². The molecule has 5 nitrogen and oxygen atoms in total. The third-order valence-corrected chi connectivity index (χ3v) is 5.82. The maximum absolute atomic E-state index is 12.1. The van der Waals surface area contributed by atoms with Crippen LogP contribution >= 0.6 is 0 Å². The highest BCUT2D eigenvalue weighted by atomic mass is 16.5. The topological polar surface area (TPSA) is 70.6 Å². The number of carbonyl (C=O) groups is 1. The molecule has 2 amide bonds. The number of urea groups is 1. The van der Waals surface area contributed by atoms with E-state index >= 15 is 0 Å². The van der Waals surface area contributed by atoms with Gasteiger partial charge in [-0.15, -0.1) is 0 Å². The molecule has 1 heterocycles. The fraction of sp³-hybridized carbons (Fsp3) is 0.933. The normalized spacial score (nSPS) is 36.5. The van der Waals surface area contributed by atoms with Gasteiger partial charge in [0.05, 0.1) is 6.10 Å². The van der Waals surface area contributed by atoms with Gasteiger partial charge in [0.15, 0.2) is 0 Å². The lowest BCUT2D eigenvalue weighted by molar-refractivity contribution is -0.172. The van der Waals surface area contributed by atoms with Crippen molar-refractivity contribution in [3.05, 3.63) is 0 Å². The average Bonchev–Trinajstić information content (AvgIpc) is 2.78. The molecule has 5 heteroatoms. The molecule has 20 heavy (non-hydrogen) atoms. The van der Waals surface area contributed by atoms with Crippen LogP contribution in [0.15, 0.2) is 0 Å². The van der Waals surface area contributed by atoms with Gasteiger partial charge >= 0.3 is 6.03 Å². The van der Waals surface area contributed by atoms with Crippen LogP contribution in [0.3, 0.4) is 0 Å². The van der Waals surface area contributed by atoms with Crippen molar-refractivity contribution in [2.75, 3.05) is 13.2 Å². The Hall–Kier alpha value is -0.810. The molecule has 0 aromatic rings. The average molecular weight is 282 g/mol. The number of carbonyl (C=O) groups excluding carboxylic acids is 1. The lowest BCUT2D eigenvalue weighted by Crippen LogP contribution is -2.72. The molecule has 2 saturated carbocycles. The van der Waals surface area contributed by atoms with Crippen LogP contribution < -0.4 is 10.6 Å². The standard InChI is InChI=1S/C15H26N2O3/c1-9(8-18)10(2)16-14(19)17-12-11-4-7-20-13(11)15(12)5-3-6-15/h9-13,18H,3-8H2,1-2H3,(H2,16,17,19). The van der Waals surface area contributed by atoms with Gasteiger partial charge < -0.3 is 20.5 Å². The van der Waals surface area contributed by atoms with Gasteiger partial charge in [0.1, 0.15) is 0 Å². The van der Waals surface area contributed by atoms with Crippen LogP contribution in [0.25, 0.3) is 0 Å². The summed E-state index contributed by atoms with van der Waals surface area (Å²) in [5.41, 5.74) is 0.227. The summed E-state index contributed by atoms with van der Waals surface area (Å²) in [6.07, 6.45) is 5.07. The van der Waals surface area contributed by atoms with Gasteiger partial charge in [-0.3, -0.25) is 0 Å². The van der Waals surface area contributed by atoms with E-state index in [4.69, 9.17) is 9.84 Å². The highest BCUT2D eigenvalue weighted by Crippen LogP contribution is 2.62. The predicted molar refractivity (Wildman–Crippen MR) is 75.3 cm³/mol. The number of rotatable bonds is 4. The first-order valence-electron chi connectivity index (χ1n) is 7.88. The van der Waals surface area contributed by atoms with Gasteiger partial charge in [-0.2, -0.15) is 0 Å². The summed E-state index contributed by atoms with van der Waals surface area (Å²) in [4.78, 5) is 12.1. The largest absolute Gasteiger partial charge is 0.396 e. The Labute approximate surface area is 120 Å². The zero-order valence-electron chi connectivity index (χ0n) is 12.4. The number of fused-ring (bicyclic) bond motifs is 2. The van der Waals surface area contributed by atoms with Gasteiger partial charge in [-0.1, -0.05) is 13.3 Å². The van der Waals surface area contributed by atoms with Crippen LogP contribution in [0.2, 0.25) is 0 Å². The van der Waals surface area contributed by atoms with E-state index in [-0.39, 0.29) is 36.1 Å². The van der Waals surface area contributed by atoms with Crippen LogP contribution in [-0.2, 0) is 4.74 Å². The molecule has 5 unspecified atom stereocenters. The molecule has 3 rings (SSSR count). The Morgan fingerprint density at radius 2 is 2.20 bits per heavy atom. The Balaban J connectivity index is 1.56. The van der Waals surface area contributed by atoms with Crippen molar-refractivity contribution in [3.8, 4) is 0 Å². The second-order valence-corrected chi connectivity index (χ2v) is 6.87. The Kier molecular flexibility index (Phi) is 3.67. The van der Waals surface area contributed by atoms with Crippen LogP contribution in [-0.4, -0.2) is 42.5 Å². The number of aliphatic hydroxyl groups excluding tert-OH is 1. The molecule has 1 saturated heterocycles. The van der Waals surface area contributed by atoms with E-state index in [0.29, 0.717) is 12.0 Å². The minimum Gasteiger partial charge on any atom is -0.396 e. The SMILES string of the molecule is CC(CO)C(C)NC(=O)NC1C2CCOC2C12CCC2. The van der Waals surface area contributed by atoms with Gasteiger partial charge in [0.2, 0.25) is 0 Å². The highest BCUT2D eigenvalue weighted by molar-refractivity contribution is 5.75. The van der Waals surface area contributed by atoms with Gasteiger partial charge in [-0.05, 0) is 32.1 Å². The zero-order chi connectivity index (χ0) is 14.3. The number of ether oxygens (including phenoxy) is 1. The first-order chi connectivity index (χ1) is 9.58. The molecule has 1 aliphatic heterocycles. The minimum absolute atomic E-state index is 0.0203. The molecule has 0 bridgehead atoms. The molecule has 2 aliphatic carbocycles. The van der Waals surface area contributed by atoms with Gasteiger partial charge in [-0.25, -0.2) is 4.79 Å². The summed E-state index contributed by atoms with van der Waals surface area (Å²) in [7, 11) is 0. The Morgan fingerprint density at radius 3 is 2.80 bits per heavy atom. The van der Waals surface area contributed by atoms with E-state index < -0.39 is 0 Å². The number of aliphatic hydroxyl groups is 1. The summed E-state index contributed by atoms with van der Waals surface area (Å²) in [6.45, 7) is 4.80. The summed E-state index contributed by atoms with van der Waals surface area (Å²) in [6, 6.07) is 0.160. The minimum atomic E-state index is -0.0978. The Bertz CT molecular complexity index is 383. The van der Waals surface area contributed by atoms with Crippen molar-refractivity contribution in [1.82, 2.24) is 10.6 Å². The van der Waals surface area contributed by atoms with E-state index in [1.165, 1.54) is 19.3 Å². The van der Waals surface area contributed by atoms with Crippen molar-refractivity contribution in [1.29, 1.82) is 0 Å². The maximum Gasteiger partial charge on any atom is 0.315 e. The second-order valence-electron chi connectivity index (χ2n) is 6.87. The summed E-state index contributed by atoms with van der Waals surface area (Å²) in [5.74, 6) is 0.578. The van der Waals surface area contributed by atoms with Crippen LogP contribution in [0, 0.1) is 17.3 Å². The Morgan fingerprint density at radius 1 is 1.45 bits per heavy atom. The zero-order valence-corrected chi connectivity index (χ0v) is 12.4. The fourth-order valence-corrected chi connectivity index (χ4v) is 4.15. The first kappa shape index (κ1) is 14.1. The van der Waals surface area contributed by atoms with Crippen molar-refractivity contribution >= 4 is 6.03 Å². The van der Waals surface area contributed by atoms with E-state index in [0.717, 1.165) is 13.0 Å². The number of hydrogen-bond acceptors (Lipinski definition) is 3. The molecule has 0 aromatic carbocycles. The van der Waals surface area contributed by atoms with Crippen molar-refractivity contribution < 1.29 is 14.6 Å².